The summed E-state index contributed by atoms with van der Waals surface area (Å²) in [6.45, 7) is 10.6. The van der Waals surface area contributed by atoms with E-state index in [-0.39, 0.29) is 0 Å². The van der Waals surface area contributed by atoms with Crippen LogP contribution in [-0.4, -0.2) is 18.6 Å². The summed E-state index contributed by atoms with van der Waals surface area (Å²) in [7, 11) is 0. The van der Waals surface area contributed by atoms with Gasteiger partial charge >= 0.3 is 0 Å². The van der Waals surface area contributed by atoms with E-state index in [0.29, 0.717) is 12.1 Å². The minimum Gasteiger partial charge on any atom is -0.383 e. The second-order valence-corrected chi connectivity index (χ2v) is 9.79. The van der Waals surface area contributed by atoms with Crippen molar-refractivity contribution in [1.29, 1.82) is 0 Å². The quantitative estimate of drug-likeness (QED) is 0.256. The van der Waals surface area contributed by atoms with Gasteiger partial charge in [-0.1, -0.05) is 90.9 Å². The lowest BCUT2D eigenvalue weighted by Crippen LogP contribution is -2.31. The van der Waals surface area contributed by atoms with Gasteiger partial charge in [-0.3, -0.25) is 0 Å². The van der Waals surface area contributed by atoms with Gasteiger partial charge in [0.05, 0.1) is 0 Å². The van der Waals surface area contributed by atoms with E-state index >= 15 is 0 Å². The Labute approximate surface area is 188 Å². The molecule has 2 rings (SSSR count). The Bertz CT molecular complexity index is 568. The standard InChI is InChI=1S/C28H50N2/c1-5-7-9-11-13-15-17-24(3)29-27-19-20-28-26(23-27)21-22-30(28)25(4)18-16-14-12-10-8-6-2/h19-20,23-25,29H,5-18,21-22H2,1-4H3/t24-,25+/m1/s1. The number of anilines is 2. The van der Waals surface area contributed by atoms with Crippen LogP contribution < -0.4 is 10.2 Å². The molecule has 0 fully saturated rings. The maximum atomic E-state index is 3.76. The Hall–Kier alpha value is -1.18. The van der Waals surface area contributed by atoms with Gasteiger partial charge in [-0.05, 0) is 56.9 Å². The largest absolute Gasteiger partial charge is 0.383 e. The molecule has 2 nitrogen and oxygen atoms in total. The molecule has 1 aromatic rings. The number of rotatable bonds is 17. The molecule has 0 aromatic heterocycles. The van der Waals surface area contributed by atoms with E-state index in [1.807, 2.05) is 0 Å². The third-order valence-electron chi connectivity index (χ3n) is 6.92. The van der Waals surface area contributed by atoms with E-state index in [1.54, 1.807) is 5.56 Å². The minimum absolute atomic E-state index is 0.568. The molecule has 0 saturated carbocycles. The van der Waals surface area contributed by atoms with E-state index in [2.05, 4.69) is 56.1 Å². The van der Waals surface area contributed by atoms with Gasteiger partial charge in [0.25, 0.3) is 0 Å². The number of hydrogen-bond donors (Lipinski definition) is 1. The van der Waals surface area contributed by atoms with Gasteiger partial charge in [0.15, 0.2) is 0 Å². The van der Waals surface area contributed by atoms with E-state index in [0.717, 1.165) is 0 Å². The van der Waals surface area contributed by atoms with Crippen molar-refractivity contribution in [3.63, 3.8) is 0 Å². The fourth-order valence-corrected chi connectivity index (χ4v) is 4.94. The summed E-state index contributed by atoms with van der Waals surface area (Å²) in [5.74, 6) is 0. The Morgan fingerprint density at radius 3 is 2.07 bits per heavy atom. The van der Waals surface area contributed by atoms with Gasteiger partial charge < -0.3 is 10.2 Å². The molecule has 1 aliphatic heterocycles. The molecule has 2 atom stereocenters. The van der Waals surface area contributed by atoms with Crippen LogP contribution in [0.1, 0.15) is 123 Å². The summed E-state index contributed by atoms with van der Waals surface area (Å²) >= 11 is 0. The number of unbranched alkanes of at least 4 members (excludes halogenated alkanes) is 10. The average molecular weight is 415 g/mol. The predicted molar refractivity (Wildman–Crippen MR) is 136 cm³/mol. The normalized spacial score (nSPS) is 15.3. The van der Waals surface area contributed by atoms with E-state index in [4.69, 9.17) is 0 Å². The van der Waals surface area contributed by atoms with Crippen LogP contribution in [0.25, 0.3) is 0 Å². The zero-order chi connectivity index (χ0) is 21.6. The lowest BCUT2D eigenvalue weighted by atomic mass is 10.0. The van der Waals surface area contributed by atoms with Crippen molar-refractivity contribution >= 4 is 11.4 Å². The Kier molecular flexibility index (Phi) is 12.3. The van der Waals surface area contributed by atoms with E-state index in [9.17, 15) is 0 Å². The first-order chi connectivity index (χ1) is 14.7. The van der Waals surface area contributed by atoms with Crippen LogP contribution in [-0.2, 0) is 6.42 Å². The highest BCUT2D eigenvalue weighted by Gasteiger charge is 2.23. The molecule has 1 N–H and O–H groups in total. The fourth-order valence-electron chi connectivity index (χ4n) is 4.94. The summed E-state index contributed by atoms with van der Waals surface area (Å²) in [5.41, 5.74) is 4.35. The van der Waals surface area contributed by atoms with Gasteiger partial charge in [-0.25, -0.2) is 0 Å². The molecule has 0 amide bonds. The molecule has 0 unspecified atom stereocenters. The maximum Gasteiger partial charge on any atom is 0.0403 e. The molecule has 1 aliphatic rings. The number of benzene rings is 1. The highest BCUT2D eigenvalue weighted by Crippen LogP contribution is 2.33. The van der Waals surface area contributed by atoms with Crippen LogP contribution in [0.15, 0.2) is 18.2 Å². The molecular weight excluding hydrogens is 364 g/mol. The number of nitrogens with zero attached hydrogens (tertiary/aromatic N) is 1. The monoisotopic (exact) mass is 414 g/mol. The maximum absolute atomic E-state index is 3.76. The van der Waals surface area contributed by atoms with Gasteiger partial charge in [0, 0.05) is 30.0 Å². The van der Waals surface area contributed by atoms with Gasteiger partial charge in [0.1, 0.15) is 0 Å². The fraction of sp³-hybridized carbons (Fsp3) is 0.786. The van der Waals surface area contributed by atoms with Crippen LogP contribution in [0.3, 0.4) is 0 Å². The zero-order valence-corrected chi connectivity index (χ0v) is 20.6. The first kappa shape index (κ1) is 25.1. The molecule has 0 spiro atoms. The lowest BCUT2D eigenvalue weighted by molar-refractivity contribution is 0.532. The van der Waals surface area contributed by atoms with Crippen LogP contribution in [0.4, 0.5) is 11.4 Å². The van der Waals surface area contributed by atoms with Crippen molar-refractivity contribution in [2.75, 3.05) is 16.8 Å². The van der Waals surface area contributed by atoms with Crippen molar-refractivity contribution in [1.82, 2.24) is 0 Å². The topological polar surface area (TPSA) is 15.3 Å². The summed E-state index contributed by atoms with van der Waals surface area (Å²) in [6, 6.07) is 8.35. The lowest BCUT2D eigenvalue weighted by Gasteiger charge is -2.27. The molecule has 1 aromatic carbocycles. The van der Waals surface area contributed by atoms with Crippen molar-refractivity contribution in [3.8, 4) is 0 Å². The molecule has 0 saturated heterocycles. The Morgan fingerprint density at radius 2 is 1.40 bits per heavy atom. The van der Waals surface area contributed by atoms with Crippen molar-refractivity contribution < 1.29 is 0 Å². The second-order valence-electron chi connectivity index (χ2n) is 9.79. The molecule has 172 valence electrons. The third kappa shape index (κ3) is 8.90. The molecule has 1 heterocycles. The van der Waals surface area contributed by atoms with Crippen molar-refractivity contribution in [2.45, 2.75) is 136 Å². The molecule has 0 aliphatic carbocycles. The summed E-state index contributed by atoms with van der Waals surface area (Å²) in [4.78, 5) is 2.66. The van der Waals surface area contributed by atoms with Crippen molar-refractivity contribution in [3.05, 3.63) is 23.8 Å². The summed E-state index contributed by atoms with van der Waals surface area (Å²) in [5, 5.41) is 3.76. The summed E-state index contributed by atoms with van der Waals surface area (Å²) < 4.78 is 0. The third-order valence-corrected chi connectivity index (χ3v) is 6.92. The Balaban J connectivity index is 1.71. The number of fused-ring (bicyclic) bond motifs is 1. The first-order valence-electron chi connectivity index (χ1n) is 13.3. The van der Waals surface area contributed by atoms with Crippen LogP contribution >= 0.6 is 0 Å². The molecule has 0 radical (unpaired) electrons. The van der Waals surface area contributed by atoms with E-state index in [1.165, 1.54) is 114 Å². The molecular formula is C28H50N2. The predicted octanol–water partition coefficient (Wildman–Crippen LogP) is 8.74. The smallest absolute Gasteiger partial charge is 0.0403 e. The highest BCUT2D eigenvalue weighted by molar-refractivity contribution is 5.64. The van der Waals surface area contributed by atoms with Gasteiger partial charge in [-0.2, -0.15) is 0 Å². The molecule has 30 heavy (non-hydrogen) atoms. The first-order valence-corrected chi connectivity index (χ1v) is 13.3. The van der Waals surface area contributed by atoms with Crippen molar-refractivity contribution in [2.24, 2.45) is 0 Å². The number of hydrogen-bond acceptors (Lipinski definition) is 2. The minimum atomic E-state index is 0.568. The summed E-state index contributed by atoms with van der Waals surface area (Å²) in [6.07, 6.45) is 20.5. The zero-order valence-electron chi connectivity index (χ0n) is 20.6. The highest BCUT2D eigenvalue weighted by atomic mass is 15.2. The number of nitrogens with one attached hydrogen (secondary N) is 1. The van der Waals surface area contributed by atoms with Crippen LogP contribution in [0.5, 0.6) is 0 Å². The van der Waals surface area contributed by atoms with Crippen LogP contribution in [0.2, 0.25) is 0 Å². The molecule has 2 heteroatoms. The Morgan fingerprint density at radius 1 is 0.800 bits per heavy atom. The van der Waals surface area contributed by atoms with Gasteiger partial charge in [-0.15, -0.1) is 0 Å². The second kappa shape index (κ2) is 14.8. The SMILES string of the molecule is CCCCCCCC[C@@H](C)Nc1ccc2c(c1)CCN2[C@@H](C)CCCCCCCC. The van der Waals surface area contributed by atoms with Gasteiger partial charge in [0.2, 0.25) is 0 Å². The molecule has 0 bridgehead atoms. The average Bonchev–Trinajstić information content (AvgIpc) is 3.16. The van der Waals surface area contributed by atoms with E-state index < -0.39 is 0 Å². The van der Waals surface area contributed by atoms with Crippen LogP contribution in [0, 0.1) is 0 Å².